The van der Waals surface area contributed by atoms with E-state index in [2.05, 4.69) is 79.7 Å². The molecule has 23 heavy (non-hydrogen) atoms. The van der Waals surface area contributed by atoms with Crippen LogP contribution < -0.4 is 4.74 Å². The van der Waals surface area contributed by atoms with E-state index in [1.165, 1.54) is 16.7 Å². The summed E-state index contributed by atoms with van der Waals surface area (Å²) in [5.74, 6) is 1.62. The first-order valence-corrected chi connectivity index (χ1v) is 8.89. The number of allylic oxidation sites excluding steroid dienone is 2. The van der Waals surface area contributed by atoms with Gasteiger partial charge in [0.05, 0.1) is 7.11 Å². The van der Waals surface area contributed by atoms with Crippen molar-refractivity contribution in [3.05, 3.63) is 41.0 Å². The molecule has 0 fully saturated rings. The van der Waals surface area contributed by atoms with Gasteiger partial charge in [-0.3, -0.25) is 0 Å². The maximum absolute atomic E-state index is 5.84. The predicted octanol–water partition coefficient (Wildman–Crippen LogP) is 6.44. The Morgan fingerprint density at radius 2 is 1.48 bits per heavy atom. The molecule has 0 saturated heterocycles. The monoisotopic (exact) mass is 316 g/mol. The zero-order valence-electron chi connectivity index (χ0n) is 16.7. The number of benzene rings is 1. The SMILES string of the molecule is CC/C=C\C(C)Cc1cc(C(C)(C)C)c(OC)c(C(C)(C)C)c1. The fourth-order valence-electron chi connectivity index (χ4n) is 2.95. The molecular weight excluding hydrogens is 280 g/mol. The Hall–Kier alpha value is -1.24. The number of hydrogen-bond acceptors (Lipinski definition) is 1. The first-order valence-electron chi connectivity index (χ1n) is 8.89. The summed E-state index contributed by atoms with van der Waals surface area (Å²) in [6.45, 7) is 18.1. The van der Waals surface area contributed by atoms with E-state index in [0.29, 0.717) is 5.92 Å². The van der Waals surface area contributed by atoms with Crippen LogP contribution in [0.2, 0.25) is 0 Å². The van der Waals surface area contributed by atoms with Crippen molar-refractivity contribution in [3.8, 4) is 5.75 Å². The van der Waals surface area contributed by atoms with Gasteiger partial charge in [0.2, 0.25) is 0 Å². The second-order valence-corrected chi connectivity index (χ2v) is 8.74. The van der Waals surface area contributed by atoms with Crippen LogP contribution in [0.3, 0.4) is 0 Å². The molecule has 0 saturated carbocycles. The number of rotatable bonds is 5. The first-order chi connectivity index (χ1) is 10.5. The highest BCUT2D eigenvalue weighted by atomic mass is 16.5. The molecule has 0 aliphatic rings. The van der Waals surface area contributed by atoms with E-state index in [0.717, 1.165) is 18.6 Å². The number of hydrogen-bond donors (Lipinski definition) is 0. The average Bonchev–Trinajstić information content (AvgIpc) is 2.42. The van der Waals surface area contributed by atoms with Gasteiger partial charge in [-0.25, -0.2) is 0 Å². The van der Waals surface area contributed by atoms with Gasteiger partial charge in [0.25, 0.3) is 0 Å². The van der Waals surface area contributed by atoms with Crippen LogP contribution in [0.4, 0.5) is 0 Å². The molecule has 1 rings (SSSR count). The van der Waals surface area contributed by atoms with Crippen LogP contribution in [0, 0.1) is 5.92 Å². The zero-order valence-corrected chi connectivity index (χ0v) is 16.7. The topological polar surface area (TPSA) is 9.23 Å². The van der Waals surface area contributed by atoms with E-state index in [1.54, 1.807) is 7.11 Å². The van der Waals surface area contributed by atoms with Crippen LogP contribution in [-0.2, 0) is 17.3 Å². The molecule has 0 heterocycles. The van der Waals surface area contributed by atoms with E-state index in [1.807, 2.05) is 0 Å². The quantitative estimate of drug-likeness (QED) is 0.568. The lowest BCUT2D eigenvalue weighted by molar-refractivity contribution is 0.381. The molecule has 0 aromatic heterocycles. The Bertz CT molecular complexity index is 503. The molecule has 0 spiro atoms. The summed E-state index contributed by atoms with van der Waals surface area (Å²) in [6, 6.07) is 4.70. The van der Waals surface area contributed by atoms with Crippen molar-refractivity contribution in [2.75, 3.05) is 7.11 Å². The Kier molecular flexibility index (Phi) is 6.50. The standard InChI is InChI=1S/C22H36O/c1-10-11-12-16(2)13-17-14-18(21(3,4)5)20(23-9)19(15-17)22(6,7)8/h11-12,14-16H,10,13H2,1-9H3/b12-11-. The fourth-order valence-corrected chi connectivity index (χ4v) is 2.95. The van der Waals surface area contributed by atoms with E-state index in [4.69, 9.17) is 4.74 Å². The van der Waals surface area contributed by atoms with Gasteiger partial charge in [-0.15, -0.1) is 0 Å². The van der Waals surface area contributed by atoms with Gasteiger partial charge < -0.3 is 4.74 Å². The van der Waals surface area contributed by atoms with Gasteiger partial charge in [0, 0.05) is 11.1 Å². The van der Waals surface area contributed by atoms with Gasteiger partial charge >= 0.3 is 0 Å². The maximum atomic E-state index is 5.84. The molecule has 1 aromatic rings. The molecule has 0 amide bonds. The highest BCUT2D eigenvalue weighted by molar-refractivity contribution is 5.51. The summed E-state index contributed by atoms with van der Waals surface area (Å²) in [4.78, 5) is 0. The van der Waals surface area contributed by atoms with Crippen LogP contribution >= 0.6 is 0 Å². The minimum atomic E-state index is 0.0733. The van der Waals surface area contributed by atoms with Crippen molar-refractivity contribution in [3.63, 3.8) is 0 Å². The van der Waals surface area contributed by atoms with Crippen molar-refractivity contribution < 1.29 is 4.74 Å². The van der Waals surface area contributed by atoms with Gasteiger partial charge in [-0.1, -0.05) is 79.7 Å². The third kappa shape index (κ3) is 5.41. The van der Waals surface area contributed by atoms with E-state index < -0.39 is 0 Å². The van der Waals surface area contributed by atoms with Crippen molar-refractivity contribution in [1.29, 1.82) is 0 Å². The maximum Gasteiger partial charge on any atom is 0.126 e. The van der Waals surface area contributed by atoms with Gasteiger partial charge in [0.15, 0.2) is 0 Å². The molecule has 0 bridgehead atoms. The molecule has 0 aliphatic carbocycles. The van der Waals surface area contributed by atoms with Crippen molar-refractivity contribution in [2.45, 2.75) is 79.1 Å². The molecule has 130 valence electrons. The largest absolute Gasteiger partial charge is 0.496 e. The van der Waals surface area contributed by atoms with Crippen molar-refractivity contribution in [1.82, 2.24) is 0 Å². The van der Waals surface area contributed by atoms with Crippen LogP contribution in [0.15, 0.2) is 24.3 Å². The summed E-state index contributed by atoms with van der Waals surface area (Å²) < 4.78 is 5.84. The molecule has 1 heteroatoms. The Morgan fingerprint density at radius 1 is 1.00 bits per heavy atom. The molecule has 1 atom stereocenters. The summed E-state index contributed by atoms with van der Waals surface area (Å²) >= 11 is 0. The Balaban J connectivity index is 3.41. The second-order valence-electron chi connectivity index (χ2n) is 8.74. The van der Waals surface area contributed by atoms with Crippen LogP contribution in [0.1, 0.15) is 78.5 Å². The predicted molar refractivity (Wildman–Crippen MR) is 103 cm³/mol. The lowest BCUT2D eigenvalue weighted by Crippen LogP contribution is -2.20. The minimum Gasteiger partial charge on any atom is -0.496 e. The summed E-state index contributed by atoms with van der Waals surface area (Å²) in [5, 5.41) is 0. The lowest BCUT2D eigenvalue weighted by atomic mass is 9.77. The first kappa shape index (κ1) is 19.8. The molecule has 0 N–H and O–H groups in total. The van der Waals surface area contributed by atoms with Gasteiger partial charge in [0.1, 0.15) is 5.75 Å². The average molecular weight is 317 g/mol. The summed E-state index contributed by atoms with van der Waals surface area (Å²) in [7, 11) is 1.80. The van der Waals surface area contributed by atoms with Crippen LogP contribution in [0.5, 0.6) is 5.75 Å². The summed E-state index contributed by atoms with van der Waals surface area (Å²) in [6.07, 6.45) is 6.78. The van der Waals surface area contributed by atoms with Crippen molar-refractivity contribution in [2.24, 2.45) is 5.92 Å². The van der Waals surface area contributed by atoms with E-state index in [-0.39, 0.29) is 10.8 Å². The van der Waals surface area contributed by atoms with Crippen molar-refractivity contribution >= 4 is 0 Å². The minimum absolute atomic E-state index is 0.0733. The lowest BCUT2D eigenvalue weighted by Gasteiger charge is -2.30. The van der Waals surface area contributed by atoms with E-state index >= 15 is 0 Å². The number of ether oxygens (including phenoxy) is 1. The summed E-state index contributed by atoms with van der Waals surface area (Å²) in [5.41, 5.74) is 4.19. The second kappa shape index (κ2) is 7.55. The smallest absolute Gasteiger partial charge is 0.126 e. The molecule has 1 nitrogen and oxygen atoms in total. The molecule has 0 radical (unpaired) electrons. The Labute approximate surface area is 144 Å². The highest BCUT2D eigenvalue weighted by Crippen LogP contribution is 2.40. The number of methoxy groups -OCH3 is 1. The van der Waals surface area contributed by atoms with Crippen LogP contribution in [0.25, 0.3) is 0 Å². The normalized spacial score (nSPS) is 14.3. The molecular formula is C22H36O. The highest BCUT2D eigenvalue weighted by Gasteiger charge is 2.27. The van der Waals surface area contributed by atoms with Crippen LogP contribution in [-0.4, -0.2) is 7.11 Å². The third-order valence-electron chi connectivity index (χ3n) is 4.23. The Morgan fingerprint density at radius 3 is 1.83 bits per heavy atom. The molecule has 1 unspecified atom stereocenters. The van der Waals surface area contributed by atoms with E-state index in [9.17, 15) is 0 Å². The van der Waals surface area contributed by atoms with Gasteiger partial charge in [-0.05, 0) is 35.2 Å². The third-order valence-corrected chi connectivity index (χ3v) is 4.23. The fraction of sp³-hybridized carbons (Fsp3) is 0.636. The zero-order chi connectivity index (χ0) is 17.8. The van der Waals surface area contributed by atoms with Gasteiger partial charge in [-0.2, -0.15) is 0 Å². The molecule has 0 aliphatic heterocycles. The molecule has 1 aromatic carbocycles.